The average Bonchev–Trinajstić information content (AvgIpc) is 2.61. The standard InChI is InChI=1S/C16H25N3/c1-16(2,3)11-4-7-15(18-10-11)19-13-5-6-14(19)9-12(17)8-13/h4,7,10,12-14H,5-6,8-9,17H2,1-3H3. The van der Waals surface area contributed by atoms with Crippen molar-refractivity contribution < 1.29 is 0 Å². The Labute approximate surface area is 116 Å². The molecule has 3 rings (SSSR count). The Morgan fingerprint density at radius 3 is 2.26 bits per heavy atom. The molecule has 104 valence electrons. The fraction of sp³-hybridized carbons (Fsp3) is 0.688. The molecule has 2 aliphatic heterocycles. The number of nitrogens with zero attached hydrogens (tertiary/aromatic N) is 2. The number of nitrogens with two attached hydrogens (primary N) is 1. The zero-order chi connectivity index (χ0) is 13.6. The highest BCUT2D eigenvalue weighted by atomic mass is 15.3. The fourth-order valence-electron chi connectivity index (χ4n) is 3.58. The Kier molecular flexibility index (Phi) is 3.05. The van der Waals surface area contributed by atoms with E-state index in [4.69, 9.17) is 10.7 Å². The molecular weight excluding hydrogens is 234 g/mol. The van der Waals surface area contributed by atoms with Gasteiger partial charge in [-0.3, -0.25) is 0 Å². The van der Waals surface area contributed by atoms with Gasteiger partial charge in [0.1, 0.15) is 5.82 Å². The maximum absolute atomic E-state index is 6.13. The molecule has 0 amide bonds. The molecule has 2 unspecified atom stereocenters. The van der Waals surface area contributed by atoms with Crippen molar-refractivity contribution in [3.8, 4) is 0 Å². The summed E-state index contributed by atoms with van der Waals surface area (Å²) in [4.78, 5) is 7.24. The molecule has 1 aromatic heterocycles. The zero-order valence-corrected chi connectivity index (χ0v) is 12.3. The molecule has 2 atom stereocenters. The van der Waals surface area contributed by atoms with Crippen LogP contribution in [0.1, 0.15) is 52.0 Å². The van der Waals surface area contributed by atoms with E-state index in [-0.39, 0.29) is 5.41 Å². The van der Waals surface area contributed by atoms with Crippen LogP contribution in [-0.2, 0) is 5.41 Å². The smallest absolute Gasteiger partial charge is 0.128 e. The monoisotopic (exact) mass is 259 g/mol. The summed E-state index contributed by atoms with van der Waals surface area (Å²) in [7, 11) is 0. The molecule has 2 aliphatic rings. The van der Waals surface area contributed by atoms with Crippen molar-refractivity contribution >= 4 is 5.82 Å². The third kappa shape index (κ3) is 2.36. The number of hydrogen-bond acceptors (Lipinski definition) is 3. The van der Waals surface area contributed by atoms with E-state index < -0.39 is 0 Å². The lowest BCUT2D eigenvalue weighted by Gasteiger charge is -2.38. The lowest BCUT2D eigenvalue weighted by Crippen LogP contribution is -2.47. The minimum Gasteiger partial charge on any atom is -0.351 e. The highest BCUT2D eigenvalue weighted by molar-refractivity contribution is 5.45. The molecule has 0 aromatic carbocycles. The molecule has 3 nitrogen and oxygen atoms in total. The first-order valence-corrected chi connectivity index (χ1v) is 7.45. The van der Waals surface area contributed by atoms with E-state index in [9.17, 15) is 0 Å². The minimum absolute atomic E-state index is 0.175. The number of anilines is 1. The summed E-state index contributed by atoms with van der Waals surface area (Å²) in [6.45, 7) is 6.69. The third-order valence-corrected chi connectivity index (χ3v) is 4.65. The zero-order valence-electron chi connectivity index (χ0n) is 12.3. The Balaban J connectivity index is 1.84. The van der Waals surface area contributed by atoms with Gasteiger partial charge in [-0.2, -0.15) is 0 Å². The summed E-state index contributed by atoms with van der Waals surface area (Å²) in [5, 5.41) is 0. The Morgan fingerprint density at radius 2 is 1.79 bits per heavy atom. The van der Waals surface area contributed by atoms with Gasteiger partial charge in [-0.25, -0.2) is 4.98 Å². The first-order valence-electron chi connectivity index (χ1n) is 7.45. The summed E-state index contributed by atoms with van der Waals surface area (Å²) in [6.07, 6.45) is 6.85. The molecule has 2 N–H and O–H groups in total. The largest absolute Gasteiger partial charge is 0.351 e. The van der Waals surface area contributed by atoms with Crippen molar-refractivity contribution in [3.05, 3.63) is 23.9 Å². The van der Waals surface area contributed by atoms with Crippen LogP contribution < -0.4 is 10.6 Å². The maximum atomic E-state index is 6.13. The van der Waals surface area contributed by atoms with Crippen LogP contribution in [0.3, 0.4) is 0 Å². The number of fused-ring (bicyclic) bond motifs is 2. The number of pyridine rings is 1. The predicted molar refractivity (Wildman–Crippen MR) is 79.4 cm³/mol. The summed E-state index contributed by atoms with van der Waals surface area (Å²) < 4.78 is 0. The van der Waals surface area contributed by atoms with Gasteiger partial charge in [0.2, 0.25) is 0 Å². The molecule has 3 heterocycles. The number of rotatable bonds is 1. The Bertz CT molecular complexity index is 432. The quantitative estimate of drug-likeness (QED) is 0.843. The lowest BCUT2D eigenvalue weighted by atomic mass is 9.88. The van der Waals surface area contributed by atoms with Crippen LogP contribution in [0.15, 0.2) is 18.3 Å². The Hall–Kier alpha value is -1.09. The van der Waals surface area contributed by atoms with Gasteiger partial charge >= 0.3 is 0 Å². The highest BCUT2D eigenvalue weighted by Crippen LogP contribution is 2.38. The van der Waals surface area contributed by atoms with Gasteiger partial charge in [0, 0.05) is 24.3 Å². The second kappa shape index (κ2) is 4.48. The van der Waals surface area contributed by atoms with E-state index >= 15 is 0 Å². The van der Waals surface area contributed by atoms with E-state index in [2.05, 4.69) is 37.8 Å². The lowest BCUT2D eigenvalue weighted by molar-refractivity contribution is 0.412. The van der Waals surface area contributed by atoms with Gasteiger partial charge in [0.05, 0.1) is 0 Å². The second-order valence-corrected chi connectivity index (χ2v) is 7.18. The number of piperidine rings is 1. The van der Waals surface area contributed by atoms with Gasteiger partial charge in [-0.15, -0.1) is 0 Å². The van der Waals surface area contributed by atoms with Gasteiger partial charge < -0.3 is 10.6 Å². The van der Waals surface area contributed by atoms with E-state index in [0.29, 0.717) is 18.1 Å². The van der Waals surface area contributed by atoms with Crippen LogP contribution in [0, 0.1) is 0 Å². The minimum atomic E-state index is 0.175. The van der Waals surface area contributed by atoms with E-state index in [1.54, 1.807) is 0 Å². The summed E-state index contributed by atoms with van der Waals surface area (Å²) in [6, 6.07) is 6.05. The SMILES string of the molecule is CC(C)(C)c1ccc(N2C3CCC2CC(N)C3)nc1. The van der Waals surface area contributed by atoms with E-state index in [1.807, 2.05) is 6.20 Å². The maximum Gasteiger partial charge on any atom is 0.128 e. The average molecular weight is 259 g/mol. The van der Waals surface area contributed by atoms with Crippen LogP contribution in [0.5, 0.6) is 0 Å². The number of hydrogen-bond donors (Lipinski definition) is 1. The van der Waals surface area contributed by atoms with Crippen molar-refractivity contribution in [3.63, 3.8) is 0 Å². The highest BCUT2D eigenvalue weighted by Gasteiger charge is 2.40. The van der Waals surface area contributed by atoms with Crippen LogP contribution in [-0.4, -0.2) is 23.1 Å². The molecule has 0 aliphatic carbocycles. The second-order valence-electron chi connectivity index (χ2n) is 7.18. The molecule has 3 heteroatoms. The first-order chi connectivity index (χ1) is 8.95. The van der Waals surface area contributed by atoms with Crippen molar-refractivity contribution in [1.29, 1.82) is 0 Å². The summed E-state index contributed by atoms with van der Waals surface area (Å²) in [5.41, 5.74) is 7.61. The predicted octanol–water partition coefficient (Wildman–Crippen LogP) is 2.84. The molecule has 2 fully saturated rings. The van der Waals surface area contributed by atoms with Gasteiger partial charge in [-0.1, -0.05) is 26.8 Å². The van der Waals surface area contributed by atoms with E-state index in [0.717, 1.165) is 18.7 Å². The summed E-state index contributed by atoms with van der Waals surface area (Å²) >= 11 is 0. The van der Waals surface area contributed by atoms with Crippen molar-refractivity contribution in [2.75, 3.05) is 4.90 Å². The molecule has 0 radical (unpaired) electrons. The van der Waals surface area contributed by atoms with Crippen molar-refractivity contribution in [2.24, 2.45) is 5.73 Å². The first kappa shape index (κ1) is 12.9. The van der Waals surface area contributed by atoms with Crippen molar-refractivity contribution in [2.45, 2.75) is 70.0 Å². The fourth-order valence-corrected chi connectivity index (χ4v) is 3.58. The van der Waals surface area contributed by atoms with Crippen LogP contribution in [0.25, 0.3) is 0 Å². The molecular formula is C16H25N3. The molecule has 2 saturated heterocycles. The van der Waals surface area contributed by atoms with Crippen LogP contribution in [0.4, 0.5) is 5.82 Å². The normalized spacial score (nSPS) is 30.7. The Morgan fingerprint density at radius 1 is 1.16 bits per heavy atom. The van der Waals surface area contributed by atoms with Crippen molar-refractivity contribution in [1.82, 2.24) is 4.98 Å². The number of aromatic nitrogens is 1. The molecule has 19 heavy (non-hydrogen) atoms. The van der Waals surface area contributed by atoms with Crippen LogP contribution in [0.2, 0.25) is 0 Å². The summed E-state index contributed by atoms with van der Waals surface area (Å²) in [5.74, 6) is 1.15. The van der Waals surface area contributed by atoms with Crippen LogP contribution >= 0.6 is 0 Å². The molecule has 1 aromatic rings. The van der Waals surface area contributed by atoms with Gasteiger partial charge in [0.15, 0.2) is 0 Å². The molecule has 0 saturated carbocycles. The van der Waals surface area contributed by atoms with Gasteiger partial charge in [-0.05, 0) is 42.7 Å². The molecule has 2 bridgehead atoms. The molecule has 0 spiro atoms. The topological polar surface area (TPSA) is 42.1 Å². The van der Waals surface area contributed by atoms with Gasteiger partial charge in [0.25, 0.3) is 0 Å². The van der Waals surface area contributed by atoms with E-state index in [1.165, 1.54) is 18.4 Å². The third-order valence-electron chi connectivity index (χ3n) is 4.65.